The van der Waals surface area contributed by atoms with Crippen LogP contribution in [0.4, 0.5) is 0 Å². The zero-order valence-corrected chi connectivity index (χ0v) is 23.0. The number of aromatic nitrogens is 3. The summed E-state index contributed by atoms with van der Waals surface area (Å²) in [6, 6.07) is 29.6. The molecule has 0 atom stereocenters. The third-order valence-electron chi connectivity index (χ3n) is 7.95. The minimum Gasteiger partial charge on any atom is -0.459 e. The number of para-hydroxylation sites is 2. The fourth-order valence-corrected chi connectivity index (χ4v) is 5.73. The molecule has 0 saturated carbocycles. The van der Waals surface area contributed by atoms with Crippen LogP contribution in [0, 0.1) is 0 Å². The Balaban J connectivity index is 1.52. The monoisotopic (exact) mass is 499 g/mol. The predicted octanol–water partition coefficient (Wildman–Crippen LogP) is 8.61. The molecule has 0 bridgehead atoms. The molecule has 1 aliphatic rings. The largest absolute Gasteiger partial charge is 0.459 e. The van der Waals surface area contributed by atoms with Gasteiger partial charge in [0.15, 0.2) is 0 Å². The number of imidazole rings is 1. The molecule has 1 aliphatic heterocycles. The van der Waals surface area contributed by atoms with Crippen LogP contribution < -0.4 is 4.74 Å². The van der Waals surface area contributed by atoms with E-state index in [1.807, 2.05) is 12.1 Å². The van der Waals surface area contributed by atoms with Crippen molar-refractivity contribution in [3.05, 3.63) is 95.6 Å². The normalized spacial score (nSPS) is 13.6. The maximum Gasteiger partial charge on any atom is 0.302 e. The van der Waals surface area contributed by atoms with Crippen LogP contribution in [-0.4, -0.2) is 14.1 Å². The lowest BCUT2D eigenvalue weighted by atomic mass is 9.85. The first kappa shape index (κ1) is 23.1. The van der Waals surface area contributed by atoms with Gasteiger partial charge >= 0.3 is 6.01 Å². The maximum absolute atomic E-state index is 6.04. The summed E-state index contributed by atoms with van der Waals surface area (Å²) in [6.07, 6.45) is 0. The van der Waals surface area contributed by atoms with E-state index < -0.39 is 0 Å². The van der Waals surface area contributed by atoms with E-state index in [0.717, 1.165) is 28.0 Å². The van der Waals surface area contributed by atoms with Gasteiger partial charge < -0.3 is 9.30 Å². The van der Waals surface area contributed by atoms with E-state index in [4.69, 9.17) is 9.72 Å². The van der Waals surface area contributed by atoms with Crippen LogP contribution in [0.15, 0.2) is 78.9 Å². The highest BCUT2D eigenvalue weighted by atomic mass is 16.5. The highest BCUT2D eigenvalue weighted by Crippen LogP contribution is 2.39. The summed E-state index contributed by atoms with van der Waals surface area (Å²) in [5.41, 5.74) is 10.7. The Morgan fingerprint density at radius 2 is 1.29 bits per heavy atom. The molecule has 0 saturated heterocycles. The Bertz CT molecular complexity index is 1820. The molecule has 4 nitrogen and oxygen atoms in total. The number of nitrogens with zero attached hydrogens (tertiary/aromatic N) is 3. The van der Waals surface area contributed by atoms with Crippen LogP contribution in [-0.2, 0) is 17.4 Å². The van der Waals surface area contributed by atoms with Crippen LogP contribution in [0.3, 0.4) is 0 Å². The molecule has 0 N–H and O–H groups in total. The molecular weight excluding hydrogens is 466 g/mol. The van der Waals surface area contributed by atoms with Gasteiger partial charge in [-0.25, -0.2) is 0 Å². The van der Waals surface area contributed by atoms with Crippen molar-refractivity contribution in [3.8, 4) is 17.4 Å². The van der Waals surface area contributed by atoms with Gasteiger partial charge in [0.05, 0.1) is 27.8 Å². The molecule has 0 radical (unpaired) electrons. The van der Waals surface area contributed by atoms with Gasteiger partial charge in [-0.1, -0.05) is 71.9 Å². The van der Waals surface area contributed by atoms with E-state index in [1.165, 1.54) is 32.9 Å². The zero-order valence-electron chi connectivity index (χ0n) is 23.0. The summed E-state index contributed by atoms with van der Waals surface area (Å²) in [6.45, 7) is 14.2. The van der Waals surface area contributed by atoms with Gasteiger partial charge in [-0.05, 0) is 70.5 Å². The number of hydrogen-bond donors (Lipinski definition) is 0. The molecule has 0 amide bonds. The molecule has 190 valence electrons. The number of benzene rings is 4. The highest BCUT2D eigenvalue weighted by Gasteiger charge is 2.24. The van der Waals surface area contributed by atoms with E-state index in [1.54, 1.807) is 0 Å². The standard InChI is InChI=1S/C34H33N3O/c1-33(2,3)22-12-15-28-25(17-22)26-18-23(34(4,5)6)13-16-29(26)36(28)24-14-11-21-20-38-32-35-27-9-7-8-10-30(27)37(32)31(21)19-24/h7-19H,20H2,1-6H3. The molecule has 6 aromatic rings. The first-order valence-corrected chi connectivity index (χ1v) is 13.4. The second-order valence-corrected chi connectivity index (χ2v) is 12.6. The summed E-state index contributed by atoms with van der Waals surface area (Å²) < 4.78 is 10.6. The maximum atomic E-state index is 6.04. The average molecular weight is 500 g/mol. The summed E-state index contributed by atoms with van der Waals surface area (Å²) in [4.78, 5) is 4.74. The van der Waals surface area contributed by atoms with E-state index >= 15 is 0 Å². The minimum atomic E-state index is 0.0783. The quantitative estimate of drug-likeness (QED) is 0.227. The highest BCUT2D eigenvalue weighted by molar-refractivity contribution is 6.10. The van der Waals surface area contributed by atoms with Crippen molar-refractivity contribution in [2.75, 3.05) is 0 Å². The predicted molar refractivity (Wildman–Crippen MR) is 157 cm³/mol. The molecular formula is C34H33N3O. The van der Waals surface area contributed by atoms with E-state index in [2.05, 4.69) is 117 Å². The molecule has 0 spiro atoms. The van der Waals surface area contributed by atoms with Gasteiger partial charge in [0.1, 0.15) is 6.61 Å². The van der Waals surface area contributed by atoms with E-state index in [0.29, 0.717) is 12.6 Å². The Morgan fingerprint density at radius 1 is 0.658 bits per heavy atom. The molecule has 0 aliphatic carbocycles. The molecule has 0 fully saturated rings. The first-order chi connectivity index (χ1) is 18.1. The molecule has 4 aromatic carbocycles. The van der Waals surface area contributed by atoms with Gasteiger partial charge in [0, 0.05) is 22.0 Å². The number of ether oxygens (including phenoxy) is 1. The number of hydrogen-bond acceptors (Lipinski definition) is 2. The molecule has 7 rings (SSSR count). The lowest BCUT2D eigenvalue weighted by Gasteiger charge is -2.21. The number of rotatable bonds is 1. The molecule has 4 heteroatoms. The second kappa shape index (κ2) is 7.73. The van der Waals surface area contributed by atoms with Crippen molar-refractivity contribution in [2.45, 2.75) is 59.0 Å². The van der Waals surface area contributed by atoms with Crippen molar-refractivity contribution >= 4 is 32.8 Å². The van der Waals surface area contributed by atoms with Crippen LogP contribution in [0.25, 0.3) is 44.2 Å². The molecule has 0 unspecified atom stereocenters. The van der Waals surface area contributed by atoms with Gasteiger partial charge in [0.25, 0.3) is 0 Å². The molecule has 2 aromatic heterocycles. The third kappa shape index (κ3) is 3.39. The van der Waals surface area contributed by atoms with Crippen molar-refractivity contribution in [2.24, 2.45) is 0 Å². The molecule has 38 heavy (non-hydrogen) atoms. The van der Waals surface area contributed by atoms with Crippen LogP contribution in [0.2, 0.25) is 0 Å². The smallest absolute Gasteiger partial charge is 0.302 e. The Hall–Kier alpha value is -4.05. The zero-order chi connectivity index (χ0) is 26.4. The second-order valence-electron chi connectivity index (χ2n) is 12.6. The van der Waals surface area contributed by atoms with Gasteiger partial charge in [-0.3, -0.25) is 4.57 Å². The Morgan fingerprint density at radius 3 is 1.92 bits per heavy atom. The van der Waals surface area contributed by atoms with E-state index in [9.17, 15) is 0 Å². The van der Waals surface area contributed by atoms with Crippen LogP contribution in [0.5, 0.6) is 6.01 Å². The Kier molecular flexibility index (Phi) is 4.70. The van der Waals surface area contributed by atoms with Crippen molar-refractivity contribution < 1.29 is 4.74 Å². The van der Waals surface area contributed by atoms with Crippen molar-refractivity contribution in [1.82, 2.24) is 14.1 Å². The Labute approximate surface area is 223 Å². The van der Waals surface area contributed by atoms with Crippen LogP contribution >= 0.6 is 0 Å². The lowest BCUT2D eigenvalue weighted by molar-refractivity contribution is 0.265. The summed E-state index contributed by atoms with van der Waals surface area (Å²) >= 11 is 0. The topological polar surface area (TPSA) is 32.0 Å². The molecule has 3 heterocycles. The summed E-state index contributed by atoms with van der Waals surface area (Å²) in [5.74, 6) is 0. The summed E-state index contributed by atoms with van der Waals surface area (Å²) in [7, 11) is 0. The fourth-order valence-electron chi connectivity index (χ4n) is 5.73. The van der Waals surface area contributed by atoms with Gasteiger partial charge in [0.2, 0.25) is 0 Å². The van der Waals surface area contributed by atoms with Gasteiger partial charge in [-0.2, -0.15) is 4.98 Å². The van der Waals surface area contributed by atoms with Crippen molar-refractivity contribution in [1.29, 1.82) is 0 Å². The first-order valence-electron chi connectivity index (χ1n) is 13.4. The minimum absolute atomic E-state index is 0.0783. The average Bonchev–Trinajstić information content (AvgIpc) is 3.42. The summed E-state index contributed by atoms with van der Waals surface area (Å²) in [5, 5.41) is 2.60. The van der Waals surface area contributed by atoms with Crippen molar-refractivity contribution in [3.63, 3.8) is 0 Å². The number of fused-ring (bicyclic) bond motifs is 8. The van der Waals surface area contributed by atoms with Crippen LogP contribution in [0.1, 0.15) is 58.2 Å². The SMILES string of the molecule is CC(C)(C)c1ccc2c(c1)c1cc(C(C)(C)C)ccc1n2-c1ccc2c(c1)-n1c(nc3ccccc31)OC2. The van der Waals surface area contributed by atoms with E-state index in [-0.39, 0.29) is 10.8 Å². The fraction of sp³-hybridized carbons (Fsp3) is 0.265. The lowest BCUT2D eigenvalue weighted by Crippen LogP contribution is -2.13. The van der Waals surface area contributed by atoms with Gasteiger partial charge in [-0.15, -0.1) is 0 Å². The third-order valence-corrected chi connectivity index (χ3v) is 7.95.